The monoisotopic (exact) mass is 281 g/mol. The van der Waals surface area contributed by atoms with Crippen LogP contribution in [0.25, 0.3) is 0 Å². The van der Waals surface area contributed by atoms with Crippen molar-refractivity contribution < 1.29 is 14.3 Å². The molecule has 0 aromatic carbocycles. The van der Waals surface area contributed by atoms with Gasteiger partial charge < -0.3 is 9.64 Å². The second kappa shape index (κ2) is 7.65. The normalized spacial score (nSPS) is 20.9. The SMILES string of the molecule is COC(=O)CCN(C(=O)C1CCC1)C1CCCCCC1. The van der Waals surface area contributed by atoms with Gasteiger partial charge in [0.1, 0.15) is 0 Å². The molecule has 2 aliphatic carbocycles. The fourth-order valence-corrected chi connectivity index (χ4v) is 3.25. The van der Waals surface area contributed by atoms with Crippen molar-refractivity contribution in [2.24, 2.45) is 5.92 Å². The molecule has 0 radical (unpaired) electrons. The molecule has 0 saturated heterocycles. The average molecular weight is 281 g/mol. The average Bonchev–Trinajstić information content (AvgIpc) is 2.65. The fourth-order valence-electron chi connectivity index (χ4n) is 3.25. The molecule has 0 spiro atoms. The van der Waals surface area contributed by atoms with Gasteiger partial charge in [-0.25, -0.2) is 0 Å². The van der Waals surface area contributed by atoms with E-state index in [4.69, 9.17) is 4.74 Å². The minimum atomic E-state index is -0.218. The first kappa shape index (κ1) is 15.3. The third-order valence-electron chi connectivity index (χ3n) is 4.79. The minimum Gasteiger partial charge on any atom is -0.469 e. The number of hydrogen-bond acceptors (Lipinski definition) is 3. The van der Waals surface area contributed by atoms with Crippen molar-refractivity contribution in [3.05, 3.63) is 0 Å². The Bertz CT molecular complexity index is 331. The molecule has 0 aromatic heterocycles. The maximum absolute atomic E-state index is 12.6. The summed E-state index contributed by atoms with van der Waals surface area (Å²) in [6, 6.07) is 0.343. The Morgan fingerprint density at radius 3 is 2.15 bits per heavy atom. The fraction of sp³-hybridized carbons (Fsp3) is 0.875. The van der Waals surface area contributed by atoms with Crippen LogP contribution in [0, 0.1) is 5.92 Å². The van der Waals surface area contributed by atoms with Crippen LogP contribution in [0.2, 0.25) is 0 Å². The van der Waals surface area contributed by atoms with Gasteiger partial charge in [-0.1, -0.05) is 32.1 Å². The molecule has 1 amide bonds. The van der Waals surface area contributed by atoms with E-state index < -0.39 is 0 Å². The Morgan fingerprint density at radius 2 is 1.65 bits per heavy atom. The first-order valence-corrected chi connectivity index (χ1v) is 8.09. The highest BCUT2D eigenvalue weighted by Gasteiger charge is 2.33. The van der Waals surface area contributed by atoms with Crippen LogP contribution in [-0.4, -0.2) is 36.5 Å². The van der Waals surface area contributed by atoms with Gasteiger partial charge >= 0.3 is 5.97 Å². The largest absolute Gasteiger partial charge is 0.469 e. The van der Waals surface area contributed by atoms with Gasteiger partial charge in [-0.05, 0) is 25.7 Å². The van der Waals surface area contributed by atoms with E-state index >= 15 is 0 Å². The standard InChI is InChI=1S/C16H27NO3/c1-20-15(18)11-12-17(16(19)13-7-6-8-13)14-9-4-2-3-5-10-14/h13-14H,2-12H2,1H3. The van der Waals surface area contributed by atoms with Crippen LogP contribution in [0.1, 0.15) is 64.2 Å². The first-order chi connectivity index (χ1) is 9.72. The van der Waals surface area contributed by atoms with Gasteiger partial charge in [-0.3, -0.25) is 9.59 Å². The van der Waals surface area contributed by atoms with Crippen molar-refractivity contribution in [2.45, 2.75) is 70.3 Å². The highest BCUT2D eigenvalue weighted by Crippen LogP contribution is 2.31. The first-order valence-electron chi connectivity index (χ1n) is 8.09. The summed E-state index contributed by atoms with van der Waals surface area (Å²) in [4.78, 5) is 26.0. The Hall–Kier alpha value is -1.06. The highest BCUT2D eigenvalue weighted by molar-refractivity contribution is 5.80. The van der Waals surface area contributed by atoms with Crippen LogP contribution in [0.15, 0.2) is 0 Å². The van der Waals surface area contributed by atoms with Crippen molar-refractivity contribution in [3.8, 4) is 0 Å². The number of esters is 1. The maximum atomic E-state index is 12.6. The van der Waals surface area contributed by atoms with E-state index in [1.807, 2.05) is 4.90 Å². The van der Waals surface area contributed by atoms with Gasteiger partial charge in [0.05, 0.1) is 13.5 Å². The third kappa shape index (κ3) is 3.97. The Balaban J connectivity index is 1.97. The van der Waals surface area contributed by atoms with Crippen LogP contribution in [0.5, 0.6) is 0 Å². The number of carbonyl (C=O) groups excluding carboxylic acids is 2. The van der Waals surface area contributed by atoms with E-state index in [1.54, 1.807) is 0 Å². The summed E-state index contributed by atoms with van der Waals surface area (Å²) in [5.74, 6) is 0.285. The van der Waals surface area contributed by atoms with Gasteiger partial charge in [0.25, 0.3) is 0 Å². The molecule has 0 bridgehead atoms. The molecule has 4 heteroatoms. The summed E-state index contributed by atoms with van der Waals surface area (Å²) in [6.07, 6.45) is 10.7. The van der Waals surface area contributed by atoms with Crippen molar-refractivity contribution >= 4 is 11.9 Å². The quantitative estimate of drug-likeness (QED) is 0.575. The number of ether oxygens (including phenoxy) is 1. The summed E-state index contributed by atoms with van der Waals surface area (Å²) in [5.41, 5.74) is 0. The molecule has 2 fully saturated rings. The molecule has 0 atom stereocenters. The van der Waals surface area contributed by atoms with Gasteiger partial charge in [0, 0.05) is 18.5 Å². The topological polar surface area (TPSA) is 46.6 Å². The zero-order valence-electron chi connectivity index (χ0n) is 12.6. The highest BCUT2D eigenvalue weighted by atomic mass is 16.5. The van der Waals surface area contributed by atoms with Gasteiger partial charge in [-0.2, -0.15) is 0 Å². The van der Waals surface area contributed by atoms with Crippen LogP contribution in [0.4, 0.5) is 0 Å². The maximum Gasteiger partial charge on any atom is 0.307 e. The number of nitrogens with zero attached hydrogens (tertiary/aromatic N) is 1. The van der Waals surface area contributed by atoms with Crippen LogP contribution >= 0.6 is 0 Å². The molecule has 2 aliphatic rings. The Labute approximate surface area is 121 Å². The second-order valence-electron chi connectivity index (χ2n) is 6.13. The van der Waals surface area contributed by atoms with Gasteiger partial charge in [0.15, 0.2) is 0 Å². The molecular formula is C16H27NO3. The molecular weight excluding hydrogens is 254 g/mol. The molecule has 20 heavy (non-hydrogen) atoms. The van der Waals surface area contributed by atoms with E-state index in [0.29, 0.717) is 19.0 Å². The smallest absolute Gasteiger partial charge is 0.307 e. The molecule has 0 unspecified atom stereocenters. The molecule has 0 aliphatic heterocycles. The van der Waals surface area contributed by atoms with Crippen LogP contribution < -0.4 is 0 Å². The molecule has 2 rings (SSSR count). The third-order valence-corrected chi connectivity index (χ3v) is 4.79. The predicted molar refractivity (Wildman–Crippen MR) is 77.2 cm³/mol. The van der Waals surface area contributed by atoms with Gasteiger partial charge in [-0.15, -0.1) is 0 Å². The number of amides is 1. The summed E-state index contributed by atoms with van der Waals surface area (Å²) in [7, 11) is 1.41. The summed E-state index contributed by atoms with van der Waals surface area (Å²) >= 11 is 0. The van der Waals surface area contributed by atoms with Crippen molar-refractivity contribution in [2.75, 3.05) is 13.7 Å². The summed E-state index contributed by atoms with van der Waals surface area (Å²) in [6.45, 7) is 0.534. The van der Waals surface area contributed by atoms with Crippen LogP contribution in [-0.2, 0) is 14.3 Å². The van der Waals surface area contributed by atoms with E-state index in [1.165, 1.54) is 39.2 Å². The molecule has 4 nitrogen and oxygen atoms in total. The molecule has 0 aromatic rings. The van der Waals surface area contributed by atoms with E-state index in [0.717, 1.165) is 25.7 Å². The van der Waals surface area contributed by atoms with Crippen molar-refractivity contribution in [3.63, 3.8) is 0 Å². The van der Waals surface area contributed by atoms with E-state index in [-0.39, 0.29) is 17.8 Å². The summed E-state index contributed by atoms with van der Waals surface area (Å²) in [5, 5.41) is 0. The van der Waals surface area contributed by atoms with E-state index in [9.17, 15) is 9.59 Å². The summed E-state index contributed by atoms with van der Waals surface area (Å²) < 4.78 is 4.72. The zero-order chi connectivity index (χ0) is 14.4. The Kier molecular flexibility index (Phi) is 5.86. The van der Waals surface area contributed by atoms with Gasteiger partial charge in [0.2, 0.25) is 5.91 Å². The number of rotatable bonds is 5. The molecule has 2 saturated carbocycles. The lowest BCUT2D eigenvalue weighted by Gasteiger charge is -2.36. The van der Waals surface area contributed by atoms with Crippen molar-refractivity contribution in [1.82, 2.24) is 4.90 Å². The molecule has 114 valence electrons. The number of carbonyl (C=O) groups is 2. The van der Waals surface area contributed by atoms with Crippen LogP contribution in [0.3, 0.4) is 0 Å². The number of methoxy groups -OCH3 is 1. The lowest BCUT2D eigenvalue weighted by atomic mass is 9.83. The second-order valence-corrected chi connectivity index (χ2v) is 6.13. The minimum absolute atomic E-state index is 0.218. The van der Waals surface area contributed by atoms with E-state index in [2.05, 4.69) is 0 Å². The molecule has 0 N–H and O–H groups in total. The lowest BCUT2D eigenvalue weighted by molar-refractivity contribution is -0.144. The lowest BCUT2D eigenvalue weighted by Crippen LogP contribution is -2.46. The van der Waals surface area contributed by atoms with Crippen molar-refractivity contribution in [1.29, 1.82) is 0 Å². The predicted octanol–water partition coefficient (Wildman–Crippen LogP) is 2.90. The zero-order valence-corrected chi connectivity index (χ0v) is 12.6. The molecule has 0 heterocycles. The Morgan fingerprint density at radius 1 is 1.00 bits per heavy atom. The number of hydrogen-bond donors (Lipinski definition) is 0.